The molecule has 0 spiro atoms. The van der Waals surface area contributed by atoms with E-state index in [9.17, 15) is 4.79 Å². The van der Waals surface area contributed by atoms with Gasteiger partial charge >= 0.3 is 0 Å². The highest BCUT2D eigenvalue weighted by atomic mass is 16.1. The Morgan fingerprint density at radius 2 is 2.11 bits per heavy atom. The summed E-state index contributed by atoms with van der Waals surface area (Å²) in [6.45, 7) is 0. The van der Waals surface area contributed by atoms with E-state index < -0.39 is 5.91 Å². The van der Waals surface area contributed by atoms with Crippen molar-refractivity contribution < 1.29 is 4.79 Å². The molecule has 94 valence electrons. The van der Waals surface area contributed by atoms with E-state index in [1.807, 2.05) is 6.07 Å². The molecule has 0 aliphatic carbocycles. The first-order chi connectivity index (χ1) is 9.16. The lowest BCUT2D eigenvalue weighted by molar-refractivity contribution is 0.100. The van der Waals surface area contributed by atoms with Crippen molar-refractivity contribution >= 4 is 22.6 Å². The van der Waals surface area contributed by atoms with Crippen LogP contribution in [0.15, 0.2) is 36.7 Å². The van der Waals surface area contributed by atoms with E-state index in [4.69, 9.17) is 11.5 Å². The van der Waals surface area contributed by atoms with E-state index in [2.05, 4.69) is 15.0 Å². The Labute approximate surface area is 108 Å². The number of nitrogens with two attached hydrogens (primary N) is 2. The first-order valence-electron chi connectivity index (χ1n) is 5.65. The number of carbonyl (C=O) groups is 1. The average molecular weight is 253 g/mol. The van der Waals surface area contributed by atoms with Crippen LogP contribution in [-0.2, 0) is 0 Å². The Morgan fingerprint density at radius 3 is 2.89 bits per heavy atom. The maximum atomic E-state index is 11.3. The molecule has 0 aliphatic rings. The van der Waals surface area contributed by atoms with Gasteiger partial charge in [0.05, 0.1) is 11.3 Å². The van der Waals surface area contributed by atoms with Gasteiger partial charge < -0.3 is 16.5 Å². The minimum Gasteiger partial charge on any atom is -0.397 e. The number of hydrogen-bond donors (Lipinski definition) is 3. The van der Waals surface area contributed by atoms with E-state index in [0.717, 1.165) is 5.39 Å². The number of hydrogen-bond acceptors (Lipinski definition) is 4. The minimum absolute atomic E-state index is 0.271. The fourth-order valence-electron chi connectivity index (χ4n) is 1.94. The number of nitrogens with one attached hydrogen (secondary N) is 1. The first-order valence-corrected chi connectivity index (χ1v) is 5.65. The van der Waals surface area contributed by atoms with Gasteiger partial charge in [0, 0.05) is 23.3 Å². The van der Waals surface area contributed by atoms with Crippen molar-refractivity contribution in [1.82, 2.24) is 15.0 Å². The zero-order valence-electron chi connectivity index (χ0n) is 9.92. The predicted molar refractivity (Wildman–Crippen MR) is 72.3 cm³/mol. The van der Waals surface area contributed by atoms with Crippen molar-refractivity contribution in [3.8, 4) is 11.4 Å². The summed E-state index contributed by atoms with van der Waals surface area (Å²) in [5, 5.41) is 0.911. The number of nitrogen functional groups attached to an aromatic ring is 1. The van der Waals surface area contributed by atoms with Gasteiger partial charge in [0.1, 0.15) is 5.65 Å². The van der Waals surface area contributed by atoms with Crippen LogP contribution in [0.5, 0.6) is 0 Å². The van der Waals surface area contributed by atoms with Gasteiger partial charge in [-0.1, -0.05) is 6.07 Å². The number of fused-ring (bicyclic) bond motifs is 1. The van der Waals surface area contributed by atoms with Gasteiger partial charge in [0.2, 0.25) is 0 Å². The molecule has 0 saturated carbocycles. The van der Waals surface area contributed by atoms with E-state index in [-0.39, 0.29) is 5.56 Å². The molecule has 0 aliphatic heterocycles. The number of H-pyrrole nitrogens is 1. The Bertz CT molecular complexity index is 778. The molecule has 6 nitrogen and oxygen atoms in total. The highest BCUT2D eigenvalue weighted by Crippen LogP contribution is 2.26. The minimum atomic E-state index is -0.569. The number of para-hydroxylation sites is 1. The second-order valence-corrected chi connectivity index (χ2v) is 4.11. The third-order valence-electron chi connectivity index (χ3n) is 2.91. The number of aromatic nitrogens is 3. The van der Waals surface area contributed by atoms with Gasteiger partial charge in [0.15, 0.2) is 5.82 Å². The molecule has 0 unspecified atom stereocenters. The van der Waals surface area contributed by atoms with Crippen LogP contribution in [0.1, 0.15) is 10.4 Å². The molecule has 0 radical (unpaired) electrons. The second-order valence-electron chi connectivity index (χ2n) is 4.11. The summed E-state index contributed by atoms with van der Waals surface area (Å²) in [5.74, 6) is -0.115. The fraction of sp³-hybridized carbons (Fsp3) is 0. The summed E-state index contributed by atoms with van der Waals surface area (Å²) in [4.78, 5) is 22.9. The van der Waals surface area contributed by atoms with Crippen LogP contribution in [0.4, 0.5) is 5.69 Å². The summed E-state index contributed by atoms with van der Waals surface area (Å²) >= 11 is 0. The summed E-state index contributed by atoms with van der Waals surface area (Å²) < 4.78 is 0. The summed E-state index contributed by atoms with van der Waals surface area (Å²) in [5.41, 5.74) is 13.1. The number of nitrogens with zero attached hydrogens (tertiary/aromatic N) is 2. The van der Waals surface area contributed by atoms with Crippen LogP contribution in [-0.4, -0.2) is 20.9 Å². The number of aromatic amines is 1. The van der Waals surface area contributed by atoms with E-state index in [1.165, 1.54) is 0 Å². The van der Waals surface area contributed by atoms with Crippen LogP contribution in [0, 0.1) is 0 Å². The maximum absolute atomic E-state index is 11.3. The van der Waals surface area contributed by atoms with Gasteiger partial charge in [-0.15, -0.1) is 0 Å². The molecule has 0 fully saturated rings. The topological polar surface area (TPSA) is 111 Å². The molecule has 1 amide bonds. The number of anilines is 1. The SMILES string of the molecule is NC(=O)c1cccc(-c2ncc3cc[nH]c3n2)c1N. The Balaban J connectivity index is 2.20. The highest BCUT2D eigenvalue weighted by Gasteiger charge is 2.13. The summed E-state index contributed by atoms with van der Waals surface area (Å²) in [6.07, 6.45) is 3.48. The van der Waals surface area contributed by atoms with Gasteiger partial charge in [-0.3, -0.25) is 4.79 Å². The van der Waals surface area contributed by atoms with Crippen LogP contribution in [0.2, 0.25) is 0 Å². The van der Waals surface area contributed by atoms with E-state index >= 15 is 0 Å². The third-order valence-corrected chi connectivity index (χ3v) is 2.91. The van der Waals surface area contributed by atoms with Gasteiger partial charge in [0.25, 0.3) is 5.91 Å². The zero-order valence-corrected chi connectivity index (χ0v) is 9.92. The predicted octanol–water partition coefficient (Wildman–Crippen LogP) is 1.31. The number of amides is 1. The van der Waals surface area contributed by atoms with Crippen molar-refractivity contribution in [3.05, 3.63) is 42.2 Å². The first kappa shape index (κ1) is 11.2. The molecule has 2 heterocycles. The van der Waals surface area contributed by atoms with Crippen LogP contribution >= 0.6 is 0 Å². The number of benzene rings is 1. The summed E-state index contributed by atoms with van der Waals surface area (Å²) in [7, 11) is 0. The number of primary amides is 1. The lowest BCUT2D eigenvalue weighted by Gasteiger charge is -2.07. The Morgan fingerprint density at radius 1 is 1.26 bits per heavy atom. The molecule has 3 aromatic rings. The fourth-order valence-corrected chi connectivity index (χ4v) is 1.94. The van der Waals surface area contributed by atoms with Crippen LogP contribution < -0.4 is 11.5 Å². The van der Waals surface area contributed by atoms with Crippen molar-refractivity contribution in [2.75, 3.05) is 5.73 Å². The van der Waals surface area contributed by atoms with Crippen LogP contribution in [0.25, 0.3) is 22.4 Å². The lowest BCUT2D eigenvalue weighted by atomic mass is 10.1. The van der Waals surface area contributed by atoms with Crippen LogP contribution in [0.3, 0.4) is 0 Å². The quantitative estimate of drug-likeness (QED) is 0.598. The smallest absolute Gasteiger partial charge is 0.250 e. The Kier molecular flexibility index (Phi) is 2.42. The molecular formula is C13H11N5O. The van der Waals surface area contributed by atoms with Crippen molar-refractivity contribution in [2.45, 2.75) is 0 Å². The molecule has 3 rings (SSSR count). The summed E-state index contributed by atoms with van der Waals surface area (Å²) in [6, 6.07) is 6.91. The molecular weight excluding hydrogens is 242 g/mol. The molecule has 19 heavy (non-hydrogen) atoms. The zero-order chi connectivity index (χ0) is 13.4. The molecule has 2 aromatic heterocycles. The maximum Gasteiger partial charge on any atom is 0.250 e. The molecule has 5 N–H and O–H groups in total. The van der Waals surface area contributed by atoms with Gasteiger partial charge in [-0.25, -0.2) is 9.97 Å². The number of rotatable bonds is 2. The third kappa shape index (κ3) is 1.79. The molecule has 1 aromatic carbocycles. The van der Waals surface area contributed by atoms with Gasteiger partial charge in [-0.2, -0.15) is 0 Å². The molecule has 0 atom stereocenters. The normalized spacial score (nSPS) is 10.7. The van der Waals surface area contributed by atoms with Crippen molar-refractivity contribution in [1.29, 1.82) is 0 Å². The highest BCUT2D eigenvalue weighted by molar-refractivity contribution is 6.01. The lowest BCUT2D eigenvalue weighted by Crippen LogP contribution is -2.14. The monoisotopic (exact) mass is 253 g/mol. The average Bonchev–Trinajstić information content (AvgIpc) is 2.85. The van der Waals surface area contributed by atoms with E-state index in [0.29, 0.717) is 22.7 Å². The van der Waals surface area contributed by atoms with Crippen molar-refractivity contribution in [3.63, 3.8) is 0 Å². The Hall–Kier alpha value is -2.89. The molecule has 0 bridgehead atoms. The standard InChI is InChI=1S/C13H11N5O/c14-10-8(11(15)19)2-1-3-9(10)13-17-6-7-4-5-16-12(7)18-13/h1-6H,14H2,(H2,15,19)(H,16,17,18). The molecule has 6 heteroatoms. The number of carbonyl (C=O) groups excluding carboxylic acids is 1. The second kappa shape index (κ2) is 4.09. The largest absolute Gasteiger partial charge is 0.397 e. The van der Waals surface area contributed by atoms with E-state index in [1.54, 1.807) is 30.6 Å². The van der Waals surface area contributed by atoms with Crippen molar-refractivity contribution in [2.24, 2.45) is 5.73 Å². The van der Waals surface area contributed by atoms with Gasteiger partial charge in [-0.05, 0) is 18.2 Å². The molecule has 0 saturated heterocycles.